The standard InChI is InChI=1S/C23H22N2O6S2/c1-31-10-4-2-9(3-5-10)14-15-11-8-12(18(15)32-20-19(14)33-23(30)24-20)17-16(11)21(28)25(22(17)29)7-6-13(26)27/h2-5,11-12,14-18H,6-8H2,1H3,(H,24,30)(H,26,27)/t11-,12-,14-,15-,16+,17+,18+/m1/s1. The van der Waals surface area contributed by atoms with E-state index < -0.39 is 11.9 Å². The van der Waals surface area contributed by atoms with Gasteiger partial charge in [0.2, 0.25) is 11.8 Å². The number of rotatable bonds is 5. The lowest BCUT2D eigenvalue weighted by Gasteiger charge is -2.43. The van der Waals surface area contributed by atoms with Gasteiger partial charge in [0.1, 0.15) is 5.75 Å². The number of carboxylic acid groups (broad SMARTS) is 1. The Morgan fingerprint density at radius 3 is 2.52 bits per heavy atom. The molecular weight excluding hydrogens is 464 g/mol. The SMILES string of the molecule is COc1ccc([C@H]2c3sc(=O)[nH]c3S[C@H]3[C@@H]4C[C@@H]([C@@H]5C(=O)N(CCC(=O)O)C(=O)[C@@H]45)[C@H]23)cc1. The fourth-order valence-electron chi connectivity index (χ4n) is 6.69. The van der Waals surface area contributed by atoms with E-state index in [9.17, 15) is 19.2 Å². The zero-order valence-electron chi connectivity index (χ0n) is 17.7. The molecule has 1 aromatic carbocycles. The minimum absolute atomic E-state index is 0.0289. The summed E-state index contributed by atoms with van der Waals surface area (Å²) < 4.78 is 5.31. The number of ether oxygens (including phenoxy) is 1. The largest absolute Gasteiger partial charge is 0.497 e. The van der Waals surface area contributed by atoms with Crippen LogP contribution in [0.5, 0.6) is 5.75 Å². The zero-order chi connectivity index (χ0) is 23.0. The molecule has 10 heteroatoms. The minimum atomic E-state index is -1.02. The second-order valence-corrected chi connectivity index (χ2v) is 11.4. The molecule has 0 unspecified atom stereocenters. The molecule has 3 heterocycles. The number of hydrogen-bond donors (Lipinski definition) is 2. The van der Waals surface area contributed by atoms with Crippen LogP contribution in [0.3, 0.4) is 0 Å². The molecule has 33 heavy (non-hydrogen) atoms. The van der Waals surface area contributed by atoms with Crippen molar-refractivity contribution in [3.63, 3.8) is 0 Å². The number of nitrogens with zero attached hydrogens (tertiary/aromatic N) is 1. The lowest BCUT2D eigenvalue weighted by atomic mass is 9.68. The van der Waals surface area contributed by atoms with Gasteiger partial charge in [-0.05, 0) is 41.9 Å². The molecule has 0 spiro atoms. The Balaban J connectivity index is 1.40. The van der Waals surface area contributed by atoms with Crippen LogP contribution in [-0.2, 0) is 14.4 Å². The van der Waals surface area contributed by atoms with Crippen LogP contribution < -0.4 is 9.61 Å². The van der Waals surface area contributed by atoms with Gasteiger partial charge in [-0.15, -0.1) is 11.8 Å². The summed E-state index contributed by atoms with van der Waals surface area (Å²) in [6.07, 6.45) is 0.578. The van der Waals surface area contributed by atoms with Crippen molar-refractivity contribution in [1.29, 1.82) is 0 Å². The van der Waals surface area contributed by atoms with Crippen LogP contribution in [0.2, 0.25) is 0 Å². The van der Waals surface area contributed by atoms with Gasteiger partial charge in [0.05, 0.1) is 30.4 Å². The number of carbonyl (C=O) groups is 3. The van der Waals surface area contributed by atoms with E-state index in [1.165, 1.54) is 16.2 Å². The molecule has 2 aliphatic heterocycles. The van der Waals surface area contributed by atoms with E-state index in [-0.39, 0.29) is 64.5 Å². The number of hydrogen-bond acceptors (Lipinski definition) is 7. The lowest BCUT2D eigenvalue weighted by molar-refractivity contribution is -0.142. The predicted molar refractivity (Wildman–Crippen MR) is 120 cm³/mol. The van der Waals surface area contributed by atoms with Gasteiger partial charge in [0.25, 0.3) is 0 Å². The monoisotopic (exact) mass is 486 g/mol. The van der Waals surface area contributed by atoms with Crippen LogP contribution in [0, 0.1) is 29.6 Å². The number of carbonyl (C=O) groups excluding carboxylic acids is 2. The Kier molecular flexibility index (Phi) is 4.74. The summed E-state index contributed by atoms with van der Waals surface area (Å²) in [5.74, 6) is -1.32. The number of likely N-dealkylation sites (tertiary alicyclic amines) is 1. The van der Waals surface area contributed by atoms with Crippen molar-refractivity contribution in [3.05, 3.63) is 44.4 Å². The van der Waals surface area contributed by atoms with Gasteiger partial charge in [-0.2, -0.15) is 0 Å². The summed E-state index contributed by atoms with van der Waals surface area (Å²) in [5.41, 5.74) is 1.08. The van der Waals surface area contributed by atoms with Gasteiger partial charge < -0.3 is 14.8 Å². The van der Waals surface area contributed by atoms with Crippen molar-refractivity contribution in [2.45, 2.75) is 29.0 Å². The third kappa shape index (κ3) is 2.96. The number of aromatic amines is 1. The molecule has 1 saturated heterocycles. The fourth-order valence-corrected chi connectivity index (χ4v) is 9.58. The number of imide groups is 1. The van der Waals surface area contributed by atoms with Crippen LogP contribution >= 0.6 is 23.1 Å². The molecule has 1 aromatic heterocycles. The number of methoxy groups -OCH3 is 1. The number of thioether (sulfide) groups is 1. The molecule has 0 radical (unpaired) electrons. The van der Waals surface area contributed by atoms with Crippen LogP contribution in [0.4, 0.5) is 0 Å². The molecule has 2 bridgehead atoms. The van der Waals surface area contributed by atoms with Crippen LogP contribution in [0.15, 0.2) is 34.1 Å². The summed E-state index contributed by atoms with van der Waals surface area (Å²) in [6, 6.07) is 7.87. The van der Waals surface area contributed by atoms with Gasteiger partial charge in [-0.25, -0.2) is 0 Å². The second kappa shape index (κ2) is 7.46. The van der Waals surface area contributed by atoms with E-state index in [2.05, 4.69) is 4.98 Å². The van der Waals surface area contributed by atoms with E-state index in [1.807, 2.05) is 24.3 Å². The molecule has 2 amide bonds. The van der Waals surface area contributed by atoms with E-state index in [0.717, 1.165) is 27.6 Å². The Hall–Kier alpha value is -2.59. The molecule has 172 valence electrons. The van der Waals surface area contributed by atoms with E-state index in [0.29, 0.717) is 0 Å². The number of fused-ring (bicyclic) bond motifs is 9. The first-order valence-electron chi connectivity index (χ1n) is 11.0. The number of aliphatic carboxylic acids is 1. The topological polar surface area (TPSA) is 117 Å². The van der Waals surface area contributed by atoms with Crippen molar-refractivity contribution < 1.29 is 24.2 Å². The van der Waals surface area contributed by atoms with Crippen molar-refractivity contribution >= 4 is 40.9 Å². The molecule has 3 fully saturated rings. The molecule has 2 aromatic rings. The first-order valence-corrected chi connectivity index (χ1v) is 12.7. The van der Waals surface area contributed by atoms with Gasteiger partial charge in [0, 0.05) is 22.6 Å². The third-order valence-electron chi connectivity index (χ3n) is 7.84. The third-order valence-corrected chi connectivity index (χ3v) is 10.4. The maximum atomic E-state index is 13.3. The first-order chi connectivity index (χ1) is 15.9. The number of aromatic nitrogens is 1. The smallest absolute Gasteiger partial charge is 0.305 e. The molecule has 8 nitrogen and oxygen atoms in total. The first kappa shape index (κ1) is 21.0. The Bertz CT molecular complexity index is 1220. The molecule has 2 N–H and O–H groups in total. The predicted octanol–water partition coefficient (Wildman–Crippen LogP) is 2.39. The van der Waals surface area contributed by atoms with E-state index in [4.69, 9.17) is 9.84 Å². The highest BCUT2D eigenvalue weighted by Crippen LogP contribution is 2.68. The Labute approximate surface area is 197 Å². The van der Waals surface area contributed by atoms with Crippen molar-refractivity contribution in [2.24, 2.45) is 29.6 Å². The van der Waals surface area contributed by atoms with Gasteiger partial charge in [-0.1, -0.05) is 23.5 Å². The number of carboxylic acids is 1. The normalized spacial score (nSPS) is 33.7. The minimum Gasteiger partial charge on any atom is -0.497 e. The number of amides is 2. The molecule has 2 saturated carbocycles. The maximum Gasteiger partial charge on any atom is 0.305 e. The van der Waals surface area contributed by atoms with Gasteiger partial charge in [-0.3, -0.25) is 24.1 Å². The van der Waals surface area contributed by atoms with Crippen molar-refractivity contribution in [3.8, 4) is 5.75 Å². The highest BCUT2D eigenvalue weighted by molar-refractivity contribution is 8.00. The quantitative estimate of drug-likeness (QED) is 0.623. The van der Waals surface area contributed by atoms with Crippen molar-refractivity contribution in [2.75, 3.05) is 13.7 Å². The average Bonchev–Trinajstić information content (AvgIpc) is 3.52. The number of nitrogens with one attached hydrogen (secondary N) is 1. The second-order valence-electron chi connectivity index (χ2n) is 9.21. The zero-order valence-corrected chi connectivity index (χ0v) is 19.4. The lowest BCUT2D eigenvalue weighted by Crippen LogP contribution is -2.42. The van der Waals surface area contributed by atoms with Crippen LogP contribution in [-0.4, -0.2) is 51.7 Å². The summed E-state index contributed by atoms with van der Waals surface area (Å²) in [6.45, 7) is -0.0650. The summed E-state index contributed by atoms with van der Waals surface area (Å²) >= 11 is 2.87. The number of H-pyrrole nitrogens is 1. The summed E-state index contributed by atoms with van der Waals surface area (Å²) in [4.78, 5) is 54.9. The highest BCUT2D eigenvalue weighted by Gasteiger charge is 2.69. The molecule has 2 aliphatic carbocycles. The molecule has 4 aliphatic rings. The Morgan fingerprint density at radius 1 is 1.15 bits per heavy atom. The number of thiazole rings is 1. The van der Waals surface area contributed by atoms with Crippen LogP contribution in [0.25, 0.3) is 0 Å². The molecular formula is C23H22N2O6S2. The van der Waals surface area contributed by atoms with E-state index >= 15 is 0 Å². The average molecular weight is 487 g/mol. The van der Waals surface area contributed by atoms with E-state index in [1.54, 1.807) is 18.9 Å². The van der Waals surface area contributed by atoms with Crippen molar-refractivity contribution in [1.82, 2.24) is 9.88 Å². The van der Waals surface area contributed by atoms with Crippen LogP contribution in [0.1, 0.15) is 29.2 Å². The highest BCUT2D eigenvalue weighted by atomic mass is 32.2. The summed E-state index contributed by atoms with van der Waals surface area (Å²) in [5, 5.41) is 10.0. The van der Waals surface area contributed by atoms with Gasteiger partial charge >= 0.3 is 10.8 Å². The van der Waals surface area contributed by atoms with Gasteiger partial charge in [0.15, 0.2) is 0 Å². The molecule has 6 rings (SSSR count). The summed E-state index contributed by atoms with van der Waals surface area (Å²) in [7, 11) is 1.62. The number of benzene rings is 1. The molecule has 7 atom stereocenters. The maximum absolute atomic E-state index is 13.3. The Morgan fingerprint density at radius 2 is 1.85 bits per heavy atom. The fraction of sp³-hybridized carbons (Fsp3) is 0.478.